The number of fused-ring (bicyclic) bond motifs is 3. The van der Waals surface area contributed by atoms with Crippen molar-refractivity contribution in [3.8, 4) is 5.75 Å². The minimum absolute atomic E-state index is 0.278. The molecular formula is C26H33NO4. The zero-order chi connectivity index (χ0) is 22.0. The molecule has 0 radical (unpaired) electrons. The molecule has 1 N–H and O–H groups in total. The Bertz CT molecular complexity index is 913. The standard InChI is InChI=1S/C26H33NO4/c1-4-26-21(12-10-20-11-13-22(30-3)14-23(20)26)16-27(15-19-8-6-5-7-9-19)17-24(26)31-25(29)18(2)28/h5-9,11,13-14,18,21,24,28H,4,10,12,15-17H2,1-3H3. The van der Waals surface area contributed by atoms with Gasteiger partial charge in [-0.2, -0.15) is 0 Å². The van der Waals surface area contributed by atoms with E-state index in [9.17, 15) is 9.90 Å². The van der Waals surface area contributed by atoms with Crippen molar-refractivity contribution in [2.75, 3.05) is 20.2 Å². The molecule has 0 bridgehead atoms. The number of aliphatic hydroxyl groups excluding tert-OH is 1. The lowest BCUT2D eigenvalue weighted by Crippen LogP contribution is -2.61. The zero-order valence-electron chi connectivity index (χ0n) is 18.7. The summed E-state index contributed by atoms with van der Waals surface area (Å²) in [5, 5.41) is 9.87. The Morgan fingerprint density at radius 1 is 1.23 bits per heavy atom. The van der Waals surface area contributed by atoms with E-state index in [1.54, 1.807) is 7.11 Å². The average molecular weight is 424 g/mol. The van der Waals surface area contributed by atoms with E-state index in [0.29, 0.717) is 12.5 Å². The number of benzene rings is 2. The summed E-state index contributed by atoms with van der Waals surface area (Å²) < 4.78 is 11.6. The van der Waals surface area contributed by atoms with Crippen molar-refractivity contribution in [3.63, 3.8) is 0 Å². The normalized spacial score (nSPS) is 26.5. The lowest BCUT2D eigenvalue weighted by molar-refractivity contribution is -0.170. The van der Waals surface area contributed by atoms with Gasteiger partial charge in [0.25, 0.3) is 0 Å². The summed E-state index contributed by atoms with van der Waals surface area (Å²) in [5.74, 6) is 0.647. The fourth-order valence-electron chi connectivity index (χ4n) is 5.67. The number of carbonyl (C=O) groups is 1. The topological polar surface area (TPSA) is 59.0 Å². The summed E-state index contributed by atoms with van der Waals surface area (Å²) in [6.07, 6.45) is 1.48. The van der Waals surface area contributed by atoms with Gasteiger partial charge in [0, 0.05) is 25.0 Å². The first kappa shape index (κ1) is 21.8. The molecular weight excluding hydrogens is 390 g/mol. The first-order valence-corrected chi connectivity index (χ1v) is 11.3. The maximum Gasteiger partial charge on any atom is 0.335 e. The van der Waals surface area contributed by atoms with Crippen molar-refractivity contribution >= 4 is 5.97 Å². The third-order valence-corrected chi connectivity index (χ3v) is 7.22. The summed E-state index contributed by atoms with van der Waals surface area (Å²) in [6, 6.07) is 16.7. The summed E-state index contributed by atoms with van der Waals surface area (Å²) in [4.78, 5) is 14.9. The van der Waals surface area contributed by atoms with Crippen LogP contribution in [0.2, 0.25) is 0 Å². The number of esters is 1. The first-order chi connectivity index (χ1) is 15.0. The predicted molar refractivity (Wildman–Crippen MR) is 120 cm³/mol. The van der Waals surface area contributed by atoms with Crippen LogP contribution in [-0.4, -0.2) is 48.4 Å². The second-order valence-corrected chi connectivity index (χ2v) is 8.93. The smallest absolute Gasteiger partial charge is 0.335 e. The van der Waals surface area contributed by atoms with E-state index in [1.807, 2.05) is 12.1 Å². The van der Waals surface area contributed by atoms with E-state index in [2.05, 4.69) is 48.2 Å². The quantitative estimate of drug-likeness (QED) is 0.718. The molecule has 31 heavy (non-hydrogen) atoms. The van der Waals surface area contributed by atoms with Crippen molar-refractivity contribution < 1.29 is 19.4 Å². The molecule has 5 heteroatoms. The Morgan fingerprint density at radius 3 is 2.68 bits per heavy atom. The highest BCUT2D eigenvalue weighted by atomic mass is 16.6. The van der Waals surface area contributed by atoms with E-state index < -0.39 is 12.1 Å². The summed E-state index contributed by atoms with van der Waals surface area (Å²) in [5.41, 5.74) is 3.53. The molecule has 166 valence electrons. The van der Waals surface area contributed by atoms with Gasteiger partial charge in [0.15, 0.2) is 0 Å². The number of piperidine rings is 1. The molecule has 0 amide bonds. The van der Waals surface area contributed by atoms with Crippen LogP contribution in [0, 0.1) is 5.92 Å². The highest BCUT2D eigenvalue weighted by Crippen LogP contribution is 2.51. The molecule has 1 aliphatic heterocycles. The molecule has 4 rings (SSSR count). The molecule has 4 unspecified atom stereocenters. The SMILES string of the molecule is CCC12c3cc(OC)ccc3CCC1CN(Cc1ccccc1)CC2OC(=O)C(C)O. The van der Waals surface area contributed by atoms with Crippen LogP contribution in [0.5, 0.6) is 5.75 Å². The number of aryl methyl sites for hydroxylation is 1. The van der Waals surface area contributed by atoms with Gasteiger partial charge in [-0.1, -0.05) is 43.3 Å². The Kier molecular flexibility index (Phi) is 6.35. The Morgan fingerprint density at radius 2 is 2.00 bits per heavy atom. The Labute approximate surface area is 185 Å². The van der Waals surface area contributed by atoms with Crippen LogP contribution in [0.3, 0.4) is 0 Å². The maximum absolute atomic E-state index is 12.5. The minimum Gasteiger partial charge on any atom is -0.497 e. The number of ether oxygens (including phenoxy) is 2. The van der Waals surface area contributed by atoms with Gasteiger partial charge in [-0.3, -0.25) is 4.90 Å². The molecule has 0 spiro atoms. The summed E-state index contributed by atoms with van der Waals surface area (Å²) >= 11 is 0. The van der Waals surface area contributed by atoms with Gasteiger partial charge in [-0.25, -0.2) is 4.79 Å². The largest absolute Gasteiger partial charge is 0.497 e. The van der Waals surface area contributed by atoms with Crippen LogP contribution in [0.1, 0.15) is 43.4 Å². The van der Waals surface area contributed by atoms with Crippen molar-refractivity contribution in [2.24, 2.45) is 5.92 Å². The van der Waals surface area contributed by atoms with Crippen molar-refractivity contribution in [3.05, 3.63) is 65.2 Å². The summed E-state index contributed by atoms with van der Waals surface area (Å²) in [6.45, 7) is 6.10. The number of nitrogens with zero attached hydrogens (tertiary/aromatic N) is 1. The van der Waals surface area contributed by atoms with Crippen LogP contribution >= 0.6 is 0 Å². The second kappa shape index (κ2) is 9.01. The lowest BCUT2D eigenvalue weighted by atomic mass is 9.57. The van der Waals surface area contributed by atoms with Gasteiger partial charge in [0.2, 0.25) is 0 Å². The van der Waals surface area contributed by atoms with Gasteiger partial charge in [-0.15, -0.1) is 0 Å². The number of carbonyl (C=O) groups excluding carboxylic acids is 1. The van der Waals surface area contributed by atoms with Gasteiger partial charge in [0.1, 0.15) is 18.0 Å². The number of aliphatic hydroxyl groups is 1. The van der Waals surface area contributed by atoms with Crippen LogP contribution in [0.15, 0.2) is 48.5 Å². The van der Waals surface area contributed by atoms with Crippen LogP contribution in [-0.2, 0) is 27.9 Å². The lowest BCUT2D eigenvalue weighted by Gasteiger charge is -2.55. The molecule has 1 saturated heterocycles. The van der Waals surface area contributed by atoms with Crippen molar-refractivity contribution in [1.29, 1.82) is 0 Å². The molecule has 2 aliphatic rings. The summed E-state index contributed by atoms with van der Waals surface area (Å²) in [7, 11) is 1.69. The zero-order valence-corrected chi connectivity index (χ0v) is 18.7. The Balaban J connectivity index is 1.73. The molecule has 1 aliphatic carbocycles. The number of rotatable bonds is 6. The Hall–Kier alpha value is -2.37. The van der Waals surface area contributed by atoms with E-state index in [-0.39, 0.29) is 11.5 Å². The van der Waals surface area contributed by atoms with Crippen LogP contribution in [0.4, 0.5) is 0 Å². The van der Waals surface area contributed by atoms with E-state index in [4.69, 9.17) is 9.47 Å². The molecule has 4 atom stereocenters. The third-order valence-electron chi connectivity index (χ3n) is 7.22. The molecule has 5 nitrogen and oxygen atoms in total. The van der Waals surface area contributed by atoms with E-state index >= 15 is 0 Å². The maximum atomic E-state index is 12.5. The fourth-order valence-corrected chi connectivity index (χ4v) is 5.67. The van der Waals surface area contributed by atoms with Crippen LogP contribution in [0.25, 0.3) is 0 Å². The molecule has 0 aromatic heterocycles. The predicted octanol–water partition coefficient (Wildman–Crippen LogP) is 3.71. The number of hydrogen-bond acceptors (Lipinski definition) is 5. The van der Waals surface area contributed by atoms with Crippen LogP contribution < -0.4 is 4.74 Å². The van der Waals surface area contributed by atoms with E-state index in [1.165, 1.54) is 23.6 Å². The third kappa shape index (κ3) is 4.09. The van der Waals surface area contributed by atoms with Crippen molar-refractivity contribution in [2.45, 2.75) is 57.3 Å². The van der Waals surface area contributed by atoms with Gasteiger partial charge in [-0.05, 0) is 60.9 Å². The molecule has 2 aromatic rings. The second-order valence-electron chi connectivity index (χ2n) is 8.93. The average Bonchev–Trinajstić information content (AvgIpc) is 2.79. The molecule has 1 heterocycles. The highest BCUT2D eigenvalue weighted by molar-refractivity contribution is 5.74. The number of methoxy groups -OCH3 is 1. The highest BCUT2D eigenvalue weighted by Gasteiger charge is 2.54. The number of likely N-dealkylation sites (tertiary alicyclic amines) is 1. The van der Waals surface area contributed by atoms with Gasteiger partial charge >= 0.3 is 5.97 Å². The van der Waals surface area contributed by atoms with Gasteiger partial charge < -0.3 is 14.6 Å². The monoisotopic (exact) mass is 423 g/mol. The van der Waals surface area contributed by atoms with Gasteiger partial charge in [0.05, 0.1) is 7.11 Å². The minimum atomic E-state index is -1.13. The molecule has 1 fully saturated rings. The van der Waals surface area contributed by atoms with E-state index in [0.717, 1.165) is 38.1 Å². The van der Waals surface area contributed by atoms with Crippen molar-refractivity contribution in [1.82, 2.24) is 4.90 Å². The molecule has 0 saturated carbocycles. The molecule has 2 aromatic carbocycles. The fraction of sp³-hybridized carbons (Fsp3) is 0.500. The first-order valence-electron chi connectivity index (χ1n) is 11.3. The number of hydrogen-bond donors (Lipinski definition) is 1.